The first-order valence-electron chi connectivity index (χ1n) is 6.80. The Balaban J connectivity index is 1.78. The highest BCUT2D eigenvalue weighted by Gasteiger charge is 2.30. The standard InChI is InChI=1S/C14H17N5O/c1-11-13(8-15-10-16-11)14(20)19-7-2-4-12(19)9-18-6-3-5-17-18/h3,5-6,8,10,12H,2,4,7,9H2,1H3/t12-/m0/s1. The minimum absolute atomic E-state index is 0.0257. The van der Waals surface area contributed by atoms with Crippen LogP contribution in [-0.2, 0) is 6.54 Å². The van der Waals surface area contributed by atoms with E-state index in [-0.39, 0.29) is 11.9 Å². The molecule has 1 saturated heterocycles. The average Bonchev–Trinajstić information content (AvgIpc) is 3.11. The molecule has 0 saturated carbocycles. The summed E-state index contributed by atoms with van der Waals surface area (Å²) in [7, 11) is 0. The third-order valence-electron chi connectivity index (χ3n) is 3.74. The lowest BCUT2D eigenvalue weighted by molar-refractivity contribution is 0.0720. The maximum atomic E-state index is 12.6. The van der Waals surface area contributed by atoms with Crippen LogP contribution < -0.4 is 0 Å². The number of aryl methyl sites for hydroxylation is 1. The van der Waals surface area contributed by atoms with Crippen LogP contribution in [0.1, 0.15) is 28.9 Å². The molecule has 0 radical (unpaired) electrons. The maximum absolute atomic E-state index is 12.6. The molecular weight excluding hydrogens is 254 g/mol. The van der Waals surface area contributed by atoms with E-state index in [1.807, 2.05) is 28.8 Å². The van der Waals surface area contributed by atoms with E-state index in [9.17, 15) is 4.79 Å². The SMILES string of the molecule is Cc1ncncc1C(=O)N1CCC[C@H]1Cn1cccn1. The molecule has 0 aliphatic carbocycles. The zero-order valence-corrected chi connectivity index (χ0v) is 11.4. The molecule has 1 amide bonds. The largest absolute Gasteiger partial charge is 0.334 e. The van der Waals surface area contributed by atoms with E-state index in [1.54, 1.807) is 12.4 Å². The van der Waals surface area contributed by atoms with Crippen LogP contribution in [0, 0.1) is 6.92 Å². The third kappa shape index (κ3) is 2.41. The number of hydrogen-bond donors (Lipinski definition) is 0. The van der Waals surface area contributed by atoms with E-state index in [0.717, 1.165) is 31.6 Å². The second-order valence-electron chi connectivity index (χ2n) is 5.04. The molecule has 0 aromatic carbocycles. The van der Waals surface area contributed by atoms with Gasteiger partial charge in [0.2, 0.25) is 0 Å². The van der Waals surface area contributed by atoms with Crippen LogP contribution in [0.3, 0.4) is 0 Å². The lowest BCUT2D eigenvalue weighted by Crippen LogP contribution is -2.38. The molecule has 1 atom stereocenters. The Morgan fingerprint density at radius 2 is 2.40 bits per heavy atom. The van der Waals surface area contributed by atoms with Crippen LogP contribution in [0.5, 0.6) is 0 Å². The smallest absolute Gasteiger partial charge is 0.257 e. The number of nitrogens with zero attached hydrogens (tertiary/aromatic N) is 5. The van der Waals surface area contributed by atoms with E-state index >= 15 is 0 Å². The van der Waals surface area contributed by atoms with Crippen molar-refractivity contribution >= 4 is 5.91 Å². The average molecular weight is 271 g/mol. The van der Waals surface area contributed by atoms with Crippen molar-refractivity contribution in [3.8, 4) is 0 Å². The van der Waals surface area contributed by atoms with Crippen molar-refractivity contribution < 1.29 is 4.79 Å². The van der Waals surface area contributed by atoms with E-state index in [0.29, 0.717) is 5.56 Å². The number of aromatic nitrogens is 4. The summed E-state index contributed by atoms with van der Waals surface area (Å²) in [5, 5.41) is 4.22. The fourth-order valence-corrected chi connectivity index (χ4v) is 2.67. The molecule has 2 aromatic heterocycles. The normalized spacial score (nSPS) is 18.4. The van der Waals surface area contributed by atoms with Gasteiger partial charge in [-0.25, -0.2) is 9.97 Å². The highest BCUT2D eigenvalue weighted by molar-refractivity contribution is 5.95. The van der Waals surface area contributed by atoms with E-state index in [2.05, 4.69) is 15.1 Å². The highest BCUT2D eigenvalue weighted by Crippen LogP contribution is 2.21. The third-order valence-corrected chi connectivity index (χ3v) is 3.74. The number of amides is 1. The van der Waals surface area contributed by atoms with Gasteiger partial charge in [0, 0.05) is 25.1 Å². The summed E-state index contributed by atoms with van der Waals surface area (Å²) in [5.41, 5.74) is 1.33. The van der Waals surface area contributed by atoms with Crippen molar-refractivity contribution in [2.45, 2.75) is 32.4 Å². The highest BCUT2D eigenvalue weighted by atomic mass is 16.2. The molecular formula is C14H17N5O. The second-order valence-corrected chi connectivity index (χ2v) is 5.04. The first-order valence-corrected chi connectivity index (χ1v) is 6.80. The first-order chi connectivity index (χ1) is 9.75. The molecule has 6 nitrogen and oxygen atoms in total. The van der Waals surface area contributed by atoms with Crippen LogP contribution in [-0.4, -0.2) is 43.1 Å². The molecule has 1 aliphatic rings. The second kappa shape index (κ2) is 5.40. The van der Waals surface area contributed by atoms with Gasteiger partial charge in [0.15, 0.2) is 0 Å². The van der Waals surface area contributed by atoms with Crippen LogP contribution in [0.4, 0.5) is 0 Å². The Morgan fingerprint density at radius 3 is 3.15 bits per heavy atom. The van der Waals surface area contributed by atoms with E-state index in [4.69, 9.17) is 0 Å². The monoisotopic (exact) mass is 271 g/mol. The minimum Gasteiger partial charge on any atom is -0.334 e. The number of carbonyl (C=O) groups is 1. The molecule has 0 spiro atoms. The summed E-state index contributed by atoms with van der Waals surface area (Å²) in [4.78, 5) is 22.6. The summed E-state index contributed by atoms with van der Waals surface area (Å²) >= 11 is 0. The van der Waals surface area contributed by atoms with Gasteiger partial charge in [-0.3, -0.25) is 9.48 Å². The number of likely N-dealkylation sites (tertiary alicyclic amines) is 1. The van der Waals surface area contributed by atoms with Crippen LogP contribution in [0.25, 0.3) is 0 Å². The van der Waals surface area contributed by atoms with Gasteiger partial charge >= 0.3 is 0 Å². The molecule has 1 aliphatic heterocycles. The lowest BCUT2D eigenvalue weighted by Gasteiger charge is -2.25. The van der Waals surface area contributed by atoms with Gasteiger partial charge in [-0.05, 0) is 25.8 Å². The molecule has 20 heavy (non-hydrogen) atoms. The first kappa shape index (κ1) is 12.8. The number of rotatable bonds is 3. The van der Waals surface area contributed by atoms with E-state index < -0.39 is 0 Å². The molecule has 3 rings (SSSR count). The van der Waals surface area contributed by atoms with E-state index in [1.165, 1.54) is 6.33 Å². The molecule has 0 bridgehead atoms. The zero-order valence-electron chi connectivity index (χ0n) is 11.4. The fourth-order valence-electron chi connectivity index (χ4n) is 2.67. The number of hydrogen-bond acceptors (Lipinski definition) is 4. The zero-order chi connectivity index (χ0) is 13.9. The molecule has 0 N–H and O–H groups in total. The van der Waals surface area contributed by atoms with Gasteiger partial charge < -0.3 is 4.90 Å². The van der Waals surface area contributed by atoms with Gasteiger partial charge in [-0.1, -0.05) is 0 Å². The van der Waals surface area contributed by atoms with Gasteiger partial charge in [0.25, 0.3) is 5.91 Å². The molecule has 6 heteroatoms. The quantitative estimate of drug-likeness (QED) is 0.843. The van der Waals surface area contributed by atoms with Crippen molar-refractivity contribution in [1.82, 2.24) is 24.6 Å². The van der Waals surface area contributed by atoms with Crippen LogP contribution in [0.15, 0.2) is 31.0 Å². The van der Waals surface area contributed by atoms with Gasteiger partial charge in [0.1, 0.15) is 6.33 Å². The van der Waals surface area contributed by atoms with Crippen LogP contribution >= 0.6 is 0 Å². The molecule has 3 heterocycles. The van der Waals surface area contributed by atoms with Gasteiger partial charge in [0.05, 0.1) is 23.8 Å². The molecule has 1 fully saturated rings. The van der Waals surface area contributed by atoms with Crippen molar-refractivity contribution in [3.63, 3.8) is 0 Å². The summed E-state index contributed by atoms with van der Waals surface area (Å²) < 4.78 is 1.88. The summed E-state index contributed by atoms with van der Waals surface area (Å²) in [6, 6.07) is 2.10. The Hall–Kier alpha value is -2.24. The Bertz CT molecular complexity index is 595. The predicted molar refractivity (Wildman–Crippen MR) is 73.1 cm³/mol. The minimum atomic E-state index is 0.0257. The topological polar surface area (TPSA) is 63.9 Å². The van der Waals surface area contributed by atoms with Crippen molar-refractivity contribution in [2.75, 3.05) is 6.54 Å². The Labute approximate surface area is 117 Å². The predicted octanol–water partition coefficient (Wildman–Crippen LogP) is 1.29. The van der Waals surface area contributed by atoms with Gasteiger partial charge in [-0.15, -0.1) is 0 Å². The molecule has 2 aromatic rings. The fraction of sp³-hybridized carbons (Fsp3) is 0.429. The Kier molecular flexibility index (Phi) is 3.45. The van der Waals surface area contributed by atoms with Gasteiger partial charge in [-0.2, -0.15) is 5.10 Å². The van der Waals surface area contributed by atoms with Crippen molar-refractivity contribution in [2.24, 2.45) is 0 Å². The maximum Gasteiger partial charge on any atom is 0.257 e. The summed E-state index contributed by atoms with van der Waals surface area (Å²) in [6.07, 6.45) is 8.81. The number of carbonyl (C=O) groups excluding carboxylic acids is 1. The summed E-state index contributed by atoms with van der Waals surface area (Å²) in [6.45, 7) is 3.37. The Morgan fingerprint density at radius 1 is 1.50 bits per heavy atom. The lowest BCUT2D eigenvalue weighted by atomic mass is 10.2. The molecule has 0 unspecified atom stereocenters. The molecule has 104 valence electrons. The summed E-state index contributed by atoms with van der Waals surface area (Å²) in [5.74, 6) is 0.0257. The van der Waals surface area contributed by atoms with Crippen molar-refractivity contribution in [1.29, 1.82) is 0 Å². The van der Waals surface area contributed by atoms with Crippen LogP contribution in [0.2, 0.25) is 0 Å². The van der Waals surface area contributed by atoms with Crippen molar-refractivity contribution in [3.05, 3.63) is 42.2 Å².